The van der Waals surface area contributed by atoms with E-state index in [1.54, 1.807) is 0 Å². The third-order valence-corrected chi connectivity index (χ3v) is 3.30. The lowest BCUT2D eigenvalue weighted by Gasteiger charge is -2.33. The van der Waals surface area contributed by atoms with Crippen LogP contribution in [-0.2, 0) is 0 Å². The molecule has 3 heteroatoms. The van der Waals surface area contributed by atoms with E-state index < -0.39 is 0 Å². The van der Waals surface area contributed by atoms with Crippen molar-refractivity contribution in [3.05, 3.63) is 29.3 Å². The summed E-state index contributed by atoms with van der Waals surface area (Å²) in [5.41, 5.74) is 2.82. The van der Waals surface area contributed by atoms with Crippen LogP contribution in [0.2, 0.25) is 0 Å². The summed E-state index contributed by atoms with van der Waals surface area (Å²) in [4.78, 5) is 2.17. The van der Waals surface area contributed by atoms with Crippen LogP contribution in [0.3, 0.4) is 0 Å². The number of nitrogens with zero attached hydrogens (tertiary/aromatic N) is 2. The van der Waals surface area contributed by atoms with E-state index in [9.17, 15) is 0 Å². The predicted molar refractivity (Wildman–Crippen MR) is 72.1 cm³/mol. The smallest absolute Gasteiger partial charge is 0.101 e. The topological polar surface area (TPSA) is 39.1 Å². The predicted octanol–water partition coefficient (Wildman–Crippen LogP) is 2.62. The molecule has 0 aromatic heterocycles. The van der Waals surface area contributed by atoms with Crippen LogP contribution in [0.1, 0.15) is 25.0 Å². The molecular weight excluding hydrogens is 210 g/mol. The van der Waals surface area contributed by atoms with E-state index in [2.05, 4.69) is 44.2 Å². The number of nitrogens with one attached hydrogen (secondary N) is 1. The molecule has 0 amide bonds. The number of para-hydroxylation sites is 1. The average molecular weight is 231 g/mol. The number of aryl methyl sites for hydroxylation is 1. The summed E-state index contributed by atoms with van der Waals surface area (Å²) in [7, 11) is 4.12. The highest BCUT2D eigenvalue weighted by atomic mass is 15.2. The van der Waals surface area contributed by atoms with Gasteiger partial charge in [-0.05, 0) is 46.5 Å². The molecule has 0 spiro atoms. The third-order valence-electron chi connectivity index (χ3n) is 3.30. The maximum atomic E-state index is 9.08. The summed E-state index contributed by atoms with van der Waals surface area (Å²) in [6.07, 6.45) is 0. The molecule has 1 N–H and O–H groups in total. The lowest BCUT2D eigenvalue weighted by molar-refractivity contribution is 0.210. The van der Waals surface area contributed by atoms with Gasteiger partial charge in [0.05, 0.1) is 11.3 Å². The van der Waals surface area contributed by atoms with Gasteiger partial charge in [0.1, 0.15) is 6.07 Å². The summed E-state index contributed by atoms with van der Waals surface area (Å²) in [5.74, 6) is 0. The Labute approximate surface area is 104 Å². The maximum Gasteiger partial charge on any atom is 0.101 e. The molecule has 92 valence electrons. The summed E-state index contributed by atoms with van der Waals surface area (Å²) in [6, 6.07) is 8.00. The van der Waals surface area contributed by atoms with E-state index in [0.29, 0.717) is 5.56 Å². The van der Waals surface area contributed by atoms with E-state index in [4.69, 9.17) is 5.26 Å². The lowest BCUT2D eigenvalue weighted by Crippen LogP contribution is -2.44. The first kappa shape index (κ1) is 13.5. The van der Waals surface area contributed by atoms with Gasteiger partial charge in [0, 0.05) is 12.1 Å². The van der Waals surface area contributed by atoms with Crippen molar-refractivity contribution in [2.45, 2.75) is 26.3 Å². The molecule has 0 aliphatic heterocycles. The molecule has 0 unspecified atom stereocenters. The molecule has 3 nitrogen and oxygen atoms in total. The molecule has 1 rings (SSSR count). The summed E-state index contributed by atoms with van der Waals surface area (Å²) < 4.78 is 0. The number of benzene rings is 1. The molecular formula is C14H21N3. The Bertz CT molecular complexity index is 428. The molecule has 0 aliphatic rings. The number of anilines is 1. The minimum absolute atomic E-state index is 0.0506. The first-order chi connectivity index (χ1) is 7.88. The van der Waals surface area contributed by atoms with E-state index in [0.717, 1.165) is 17.8 Å². The fourth-order valence-electron chi connectivity index (χ4n) is 1.46. The van der Waals surface area contributed by atoms with E-state index in [-0.39, 0.29) is 5.54 Å². The lowest BCUT2D eigenvalue weighted by atomic mass is 10.0. The molecule has 0 bridgehead atoms. The van der Waals surface area contributed by atoms with Crippen LogP contribution >= 0.6 is 0 Å². The fraction of sp³-hybridized carbons (Fsp3) is 0.500. The molecule has 0 saturated heterocycles. The van der Waals surface area contributed by atoms with Gasteiger partial charge in [0.15, 0.2) is 0 Å². The molecule has 17 heavy (non-hydrogen) atoms. The number of hydrogen-bond donors (Lipinski definition) is 1. The second-order valence-electron chi connectivity index (χ2n) is 5.17. The van der Waals surface area contributed by atoms with Gasteiger partial charge in [0.25, 0.3) is 0 Å². The number of hydrogen-bond acceptors (Lipinski definition) is 3. The third kappa shape index (κ3) is 3.21. The molecule has 0 fully saturated rings. The number of rotatable bonds is 4. The van der Waals surface area contributed by atoms with E-state index in [1.165, 1.54) is 0 Å². The standard InChI is InChI=1S/C14H21N3/c1-11-7-6-8-12(9-15)13(11)16-10-14(2,3)17(4)5/h6-8,16H,10H2,1-5H3. The summed E-state index contributed by atoms with van der Waals surface area (Å²) in [5, 5.41) is 12.5. The first-order valence-corrected chi connectivity index (χ1v) is 5.79. The second kappa shape index (κ2) is 5.20. The van der Waals surface area contributed by atoms with Gasteiger partial charge in [-0.15, -0.1) is 0 Å². The van der Waals surface area contributed by atoms with Gasteiger partial charge in [-0.1, -0.05) is 12.1 Å². The SMILES string of the molecule is Cc1cccc(C#N)c1NCC(C)(C)N(C)C. The van der Waals surface area contributed by atoms with Gasteiger partial charge in [0.2, 0.25) is 0 Å². The van der Waals surface area contributed by atoms with Crippen LogP contribution in [0.5, 0.6) is 0 Å². The van der Waals surface area contributed by atoms with E-state index >= 15 is 0 Å². The van der Waals surface area contributed by atoms with Gasteiger partial charge < -0.3 is 10.2 Å². The van der Waals surface area contributed by atoms with Gasteiger partial charge in [-0.2, -0.15) is 5.26 Å². The van der Waals surface area contributed by atoms with Crippen molar-refractivity contribution in [3.8, 4) is 6.07 Å². The van der Waals surface area contributed by atoms with Crippen molar-refractivity contribution in [2.75, 3.05) is 26.0 Å². The second-order valence-corrected chi connectivity index (χ2v) is 5.17. The highest BCUT2D eigenvalue weighted by molar-refractivity contribution is 5.62. The Hall–Kier alpha value is -1.53. The zero-order chi connectivity index (χ0) is 13.1. The van der Waals surface area contributed by atoms with Gasteiger partial charge in [-0.3, -0.25) is 0 Å². The van der Waals surface area contributed by atoms with Crippen molar-refractivity contribution in [3.63, 3.8) is 0 Å². The molecule has 0 atom stereocenters. The Morgan fingerprint density at radius 2 is 2.00 bits per heavy atom. The zero-order valence-electron chi connectivity index (χ0n) is 11.3. The van der Waals surface area contributed by atoms with Crippen LogP contribution in [0.4, 0.5) is 5.69 Å². The quantitative estimate of drug-likeness (QED) is 0.865. The van der Waals surface area contributed by atoms with Crippen molar-refractivity contribution < 1.29 is 0 Å². The van der Waals surface area contributed by atoms with Crippen molar-refractivity contribution in [2.24, 2.45) is 0 Å². The van der Waals surface area contributed by atoms with Crippen LogP contribution in [0.15, 0.2) is 18.2 Å². The van der Waals surface area contributed by atoms with Crippen molar-refractivity contribution in [1.29, 1.82) is 5.26 Å². The summed E-state index contributed by atoms with van der Waals surface area (Å²) >= 11 is 0. The molecule has 1 aromatic carbocycles. The number of nitriles is 1. The van der Waals surface area contributed by atoms with Crippen molar-refractivity contribution >= 4 is 5.69 Å². The average Bonchev–Trinajstić information content (AvgIpc) is 2.26. The van der Waals surface area contributed by atoms with Crippen molar-refractivity contribution in [1.82, 2.24) is 4.90 Å². The molecule has 0 heterocycles. The maximum absolute atomic E-state index is 9.08. The molecule has 1 aromatic rings. The van der Waals surface area contributed by atoms with Crippen LogP contribution in [-0.4, -0.2) is 31.1 Å². The Morgan fingerprint density at radius 3 is 2.53 bits per heavy atom. The normalized spacial score (nSPS) is 11.4. The van der Waals surface area contributed by atoms with Crippen LogP contribution in [0.25, 0.3) is 0 Å². The Balaban J connectivity index is 2.87. The van der Waals surface area contributed by atoms with Crippen LogP contribution < -0.4 is 5.32 Å². The largest absolute Gasteiger partial charge is 0.382 e. The van der Waals surface area contributed by atoms with E-state index in [1.807, 2.05) is 25.1 Å². The zero-order valence-corrected chi connectivity index (χ0v) is 11.3. The monoisotopic (exact) mass is 231 g/mol. The Morgan fingerprint density at radius 1 is 1.35 bits per heavy atom. The minimum Gasteiger partial charge on any atom is -0.382 e. The summed E-state index contributed by atoms with van der Waals surface area (Å²) in [6.45, 7) is 7.17. The highest BCUT2D eigenvalue weighted by Gasteiger charge is 2.20. The van der Waals surface area contributed by atoms with Gasteiger partial charge in [-0.25, -0.2) is 0 Å². The van der Waals surface area contributed by atoms with Gasteiger partial charge >= 0.3 is 0 Å². The highest BCUT2D eigenvalue weighted by Crippen LogP contribution is 2.21. The fourth-order valence-corrected chi connectivity index (χ4v) is 1.46. The first-order valence-electron chi connectivity index (χ1n) is 5.79. The molecule has 0 aliphatic carbocycles. The molecule has 0 saturated carbocycles. The Kier molecular flexibility index (Phi) is 4.14. The van der Waals surface area contributed by atoms with Crippen LogP contribution in [0, 0.1) is 18.3 Å². The minimum atomic E-state index is 0.0506. The molecule has 0 radical (unpaired) electrons. The number of likely N-dealkylation sites (N-methyl/N-ethyl adjacent to an activating group) is 1.